The summed E-state index contributed by atoms with van der Waals surface area (Å²) < 4.78 is 5.01. The van der Waals surface area contributed by atoms with Gasteiger partial charge in [-0.15, -0.1) is 23.7 Å². The highest BCUT2D eigenvalue weighted by atomic mass is 35.5. The topological polar surface area (TPSA) is 58.6 Å². The Balaban J connectivity index is 0.00000289. The average molecular weight is 512 g/mol. The van der Waals surface area contributed by atoms with Gasteiger partial charge < -0.3 is 10.1 Å². The molecule has 1 amide bonds. The van der Waals surface area contributed by atoms with Crippen molar-refractivity contribution in [2.75, 3.05) is 19.0 Å². The molecule has 0 bridgehead atoms. The van der Waals surface area contributed by atoms with Crippen molar-refractivity contribution in [1.82, 2.24) is 4.90 Å². The normalized spacial score (nSPS) is 13.1. The molecule has 5 nitrogen and oxygen atoms in total. The molecule has 1 aromatic heterocycles. The lowest BCUT2D eigenvalue weighted by molar-refractivity contribution is 0.0600. The third-order valence-corrected chi connectivity index (χ3v) is 6.87. The van der Waals surface area contributed by atoms with Crippen LogP contribution in [0, 0.1) is 0 Å². The summed E-state index contributed by atoms with van der Waals surface area (Å²) in [6, 6.07) is 15.0. The van der Waals surface area contributed by atoms with E-state index in [1.807, 2.05) is 18.2 Å². The van der Waals surface area contributed by atoms with Gasteiger partial charge in [0, 0.05) is 29.5 Å². The molecule has 168 valence electrons. The third-order valence-electron chi connectivity index (χ3n) is 5.17. The van der Waals surface area contributed by atoms with Gasteiger partial charge in [0.05, 0.1) is 23.3 Å². The standard InChI is InChI=1S/C23H20Cl2N2O3S.ClH/c1-30-23(29)20-16-9-10-27(12-14-5-3-2-4-6-14)13-19(16)31-22(20)26-21(28)17-11-15(24)7-8-18(17)25;/h2-8,11H,9-10,12-13H2,1H3,(H,26,28);1H. The summed E-state index contributed by atoms with van der Waals surface area (Å²) in [7, 11) is 1.34. The zero-order valence-electron chi connectivity index (χ0n) is 17.2. The zero-order valence-corrected chi connectivity index (χ0v) is 20.3. The van der Waals surface area contributed by atoms with Gasteiger partial charge in [0.25, 0.3) is 5.91 Å². The van der Waals surface area contributed by atoms with Crippen LogP contribution in [0.2, 0.25) is 10.0 Å². The summed E-state index contributed by atoms with van der Waals surface area (Å²) in [5.74, 6) is -0.876. The van der Waals surface area contributed by atoms with Crippen LogP contribution in [0.4, 0.5) is 5.00 Å². The molecule has 3 aromatic rings. The van der Waals surface area contributed by atoms with E-state index >= 15 is 0 Å². The quantitative estimate of drug-likeness (QED) is 0.422. The number of nitrogens with zero attached hydrogens (tertiary/aromatic N) is 1. The Kier molecular flexibility index (Phi) is 8.20. The molecule has 0 unspecified atom stereocenters. The number of thiophene rings is 1. The number of ether oxygens (including phenoxy) is 1. The van der Waals surface area contributed by atoms with E-state index in [0.29, 0.717) is 28.6 Å². The van der Waals surface area contributed by atoms with E-state index in [-0.39, 0.29) is 23.0 Å². The lowest BCUT2D eigenvalue weighted by Crippen LogP contribution is -2.29. The van der Waals surface area contributed by atoms with Crippen molar-refractivity contribution in [3.63, 3.8) is 0 Å². The van der Waals surface area contributed by atoms with Gasteiger partial charge in [0.2, 0.25) is 0 Å². The van der Waals surface area contributed by atoms with Gasteiger partial charge in [0.1, 0.15) is 5.00 Å². The van der Waals surface area contributed by atoms with Crippen molar-refractivity contribution in [3.05, 3.63) is 85.7 Å². The fourth-order valence-corrected chi connectivity index (χ4v) is 5.33. The Morgan fingerprint density at radius 1 is 1.16 bits per heavy atom. The fraction of sp³-hybridized carbons (Fsp3) is 0.217. The maximum atomic E-state index is 12.9. The molecule has 0 aliphatic carbocycles. The minimum Gasteiger partial charge on any atom is -0.465 e. The van der Waals surface area contributed by atoms with Crippen molar-refractivity contribution in [2.45, 2.75) is 19.5 Å². The summed E-state index contributed by atoms with van der Waals surface area (Å²) in [6.07, 6.45) is 0.705. The lowest BCUT2D eigenvalue weighted by atomic mass is 10.0. The molecule has 2 heterocycles. The highest BCUT2D eigenvalue weighted by molar-refractivity contribution is 7.17. The number of esters is 1. The first kappa shape index (κ1) is 24.6. The van der Waals surface area contributed by atoms with Crippen molar-refractivity contribution >= 4 is 63.8 Å². The number of carbonyl (C=O) groups excluding carboxylic acids is 2. The molecule has 0 atom stereocenters. The molecule has 0 saturated heterocycles. The van der Waals surface area contributed by atoms with Crippen molar-refractivity contribution in [1.29, 1.82) is 0 Å². The predicted molar refractivity (Wildman–Crippen MR) is 132 cm³/mol. The van der Waals surface area contributed by atoms with Gasteiger partial charge in [-0.25, -0.2) is 4.79 Å². The molecule has 4 rings (SSSR count). The first-order valence-electron chi connectivity index (χ1n) is 9.71. The molecule has 9 heteroatoms. The number of anilines is 1. The van der Waals surface area contributed by atoms with Crippen LogP contribution >= 0.6 is 46.9 Å². The average Bonchev–Trinajstić information content (AvgIpc) is 3.12. The van der Waals surface area contributed by atoms with E-state index in [9.17, 15) is 9.59 Å². The second-order valence-electron chi connectivity index (χ2n) is 7.22. The molecular weight excluding hydrogens is 491 g/mol. The molecule has 1 N–H and O–H groups in total. The third kappa shape index (κ3) is 5.27. The van der Waals surface area contributed by atoms with Crippen LogP contribution in [0.25, 0.3) is 0 Å². The second kappa shape index (κ2) is 10.7. The summed E-state index contributed by atoms with van der Waals surface area (Å²) in [4.78, 5) is 28.8. The number of hydrogen-bond donors (Lipinski definition) is 1. The van der Waals surface area contributed by atoms with Gasteiger partial charge >= 0.3 is 5.97 Å². The van der Waals surface area contributed by atoms with E-state index in [4.69, 9.17) is 27.9 Å². The van der Waals surface area contributed by atoms with E-state index in [2.05, 4.69) is 22.3 Å². The smallest absolute Gasteiger partial charge is 0.341 e. The molecule has 0 spiro atoms. The number of halogens is 3. The van der Waals surface area contributed by atoms with Crippen LogP contribution in [-0.2, 0) is 24.2 Å². The Hall–Kier alpha value is -2.09. The number of benzene rings is 2. The number of hydrogen-bond acceptors (Lipinski definition) is 5. The molecule has 32 heavy (non-hydrogen) atoms. The predicted octanol–water partition coefficient (Wildman–Crippen LogP) is 6.07. The molecule has 0 radical (unpaired) electrons. The van der Waals surface area contributed by atoms with Gasteiger partial charge in [-0.2, -0.15) is 0 Å². The van der Waals surface area contributed by atoms with Crippen LogP contribution in [-0.4, -0.2) is 30.4 Å². The van der Waals surface area contributed by atoms with Crippen LogP contribution in [0.3, 0.4) is 0 Å². The first-order valence-corrected chi connectivity index (χ1v) is 11.3. The highest BCUT2D eigenvalue weighted by Crippen LogP contribution is 2.38. The van der Waals surface area contributed by atoms with Crippen molar-refractivity contribution in [3.8, 4) is 0 Å². The Morgan fingerprint density at radius 3 is 2.62 bits per heavy atom. The molecule has 1 aliphatic rings. The van der Waals surface area contributed by atoms with E-state index < -0.39 is 11.9 Å². The maximum Gasteiger partial charge on any atom is 0.341 e. The summed E-state index contributed by atoms with van der Waals surface area (Å²) >= 11 is 13.6. The van der Waals surface area contributed by atoms with Gasteiger partial charge in [-0.1, -0.05) is 53.5 Å². The number of carbonyl (C=O) groups is 2. The zero-order chi connectivity index (χ0) is 22.0. The highest BCUT2D eigenvalue weighted by Gasteiger charge is 2.29. The van der Waals surface area contributed by atoms with E-state index in [1.54, 1.807) is 12.1 Å². The SMILES string of the molecule is COC(=O)c1c(NC(=O)c2cc(Cl)ccc2Cl)sc2c1CCN(Cc1ccccc1)C2.Cl. The van der Waals surface area contributed by atoms with E-state index in [1.165, 1.54) is 30.1 Å². The number of methoxy groups -OCH3 is 1. The fourth-order valence-electron chi connectivity index (χ4n) is 3.68. The summed E-state index contributed by atoms with van der Waals surface area (Å²) in [5, 5.41) is 4.02. The Labute approximate surface area is 206 Å². The monoisotopic (exact) mass is 510 g/mol. The maximum absolute atomic E-state index is 12.9. The minimum absolute atomic E-state index is 0. The summed E-state index contributed by atoms with van der Waals surface area (Å²) in [6.45, 7) is 2.34. The molecular formula is C23H21Cl3N2O3S. The molecule has 2 aromatic carbocycles. The largest absolute Gasteiger partial charge is 0.465 e. The van der Waals surface area contributed by atoms with E-state index in [0.717, 1.165) is 23.5 Å². The van der Waals surface area contributed by atoms with Gasteiger partial charge in [-0.3, -0.25) is 9.69 Å². The lowest BCUT2D eigenvalue weighted by Gasteiger charge is -2.27. The molecule has 0 fully saturated rings. The van der Waals surface area contributed by atoms with Crippen molar-refractivity contribution < 1.29 is 14.3 Å². The van der Waals surface area contributed by atoms with Crippen LogP contribution in [0.15, 0.2) is 48.5 Å². The van der Waals surface area contributed by atoms with Gasteiger partial charge in [0.15, 0.2) is 0 Å². The number of amides is 1. The molecule has 1 aliphatic heterocycles. The summed E-state index contributed by atoms with van der Waals surface area (Å²) in [5.41, 5.74) is 2.85. The number of fused-ring (bicyclic) bond motifs is 1. The first-order chi connectivity index (χ1) is 15.0. The van der Waals surface area contributed by atoms with Gasteiger partial charge in [-0.05, 0) is 35.7 Å². The Bertz CT molecular complexity index is 1140. The minimum atomic E-state index is -0.457. The molecule has 0 saturated carbocycles. The van der Waals surface area contributed by atoms with Crippen LogP contribution < -0.4 is 5.32 Å². The second-order valence-corrected chi connectivity index (χ2v) is 9.17. The Morgan fingerprint density at radius 2 is 1.91 bits per heavy atom. The van der Waals surface area contributed by atoms with Crippen LogP contribution in [0.1, 0.15) is 36.7 Å². The van der Waals surface area contributed by atoms with Crippen molar-refractivity contribution in [2.24, 2.45) is 0 Å². The number of rotatable bonds is 5. The van der Waals surface area contributed by atoms with Crippen LogP contribution in [0.5, 0.6) is 0 Å². The number of nitrogens with one attached hydrogen (secondary N) is 1.